The molecule has 6 nitrogen and oxygen atoms in total. The fourth-order valence-corrected chi connectivity index (χ4v) is 2.52. The Labute approximate surface area is 133 Å². The van der Waals surface area contributed by atoms with Gasteiger partial charge in [0.05, 0.1) is 18.8 Å². The minimum absolute atomic E-state index is 0.0520. The third-order valence-electron chi connectivity index (χ3n) is 3.47. The standard InChI is InChI=1S/C15H17ClN4O2/c1-9(2)17-15(21)14-12-8-22-13(7-20(12)19-18-14)10-3-5-11(16)6-4-10/h3-6,9,13H,7-8H2,1-2H3,(H,17,21)/t13-/m0/s1. The Balaban J connectivity index is 1.79. The lowest BCUT2D eigenvalue weighted by Gasteiger charge is -2.24. The third kappa shape index (κ3) is 2.98. The molecule has 2 aromatic rings. The smallest absolute Gasteiger partial charge is 0.274 e. The van der Waals surface area contributed by atoms with E-state index >= 15 is 0 Å². The summed E-state index contributed by atoms with van der Waals surface area (Å²) >= 11 is 5.90. The molecule has 116 valence electrons. The maximum absolute atomic E-state index is 12.1. The highest BCUT2D eigenvalue weighted by Crippen LogP contribution is 2.27. The molecule has 0 saturated heterocycles. The second-order valence-electron chi connectivity index (χ2n) is 5.55. The van der Waals surface area contributed by atoms with E-state index in [0.717, 1.165) is 5.56 Å². The Hall–Kier alpha value is -1.92. The lowest BCUT2D eigenvalue weighted by molar-refractivity contribution is -0.00177. The van der Waals surface area contributed by atoms with E-state index in [9.17, 15) is 4.79 Å². The molecule has 3 rings (SSSR count). The monoisotopic (exact) mass is 320 g/mol. The summed E-state index contributed by atoms with van der Waals surface area (Å²) in [5, 5.41) is 11.6. The molecule has 1 amide bonds. The van der Waals surface area contributed by atoms with E-state index in [4.69, 9.17) is 16.3 Å². The van der Waals surface area contributed by atoms with Crippen LogP contribution in [0.25, 0.3) is 0 Å². The lowest BCUT2D eigenvalue weighted by atomic mass is 10.1. The number of amides is 1. The number of benzene rings is 1. The van der Waals surface area contributed by atoms with Gasteiger partial charge in [-0.1, -0.05) is 28.9 Å². The van der Waals surface area contributed by atoms with Gasteiger partial charge in [0.25, 0.3) is 5.91 Å². The Kier molecular flexibility index (Phi) is 4.13. The summed E-state index contributed by atoms with van der Waals surface area (Å²) in [4.78, 5) is 12.1. The van der Waals surface area contributed by atoms with Gasteiger partial charge in [0, 0.05) is 11.1 Å². The predicted molar refractivity (Wildman–Crippen MR) is 81.6 cm³/mol. The second-order valence-corrected chi connectivity index (χ2v) is 5.98. The van der Waals surface area contributed by atoms with Crippen LogP contribution in [-0.4, -0.2) is 26.9 Å². The van der Waals surface area contributed by atoms with Crippen LogP contribution in [-0.2, 0) is 17.9 Å². The molecule has 0 unspecified atom stereocenters. The number of hydrogen-bond acceptors (Lipinski definition) is 4. The average molecular weight is 321 g/mol. The Morgan fingerprint density at radius 1 is 1.41 bits per heavy atom. The van der Waals surface area contributed by atoms with Gasteiger partial charge in [-0.05, 0) is 31.5 Å². The molecule has 22 heavy (non-hydrogen) atoms. The van der Waals surface area contributed by atoms with Crippen molar-refractivity contribution in [3.8, 4) is 0 Å². The summed E-state index contributed by atoms with van der Waals surface area (Å²) in [6, 6.07) is 7.58. The van der Waals surface area contributed by atoms with Crippen LogP contribution in [0, 0.1) is 0 Å². The quantitative estimate of drug-likeness (QED) is 0.942. The minimum atomic E-state index is -0.218. The van der Waals surface area contributed by atoms with E-state index in [0.29, 0.717) is 29.6 Å². The molecule has 7 heteroatoms. The number of nitrogens with one attached hydrogen (secondary N) is 1. The predicted octanol–water partition coefficient (Wildman–Crippen LogP) is 2.34. The molecule has 0 bridgehead atoms. The van der Waals surface area contributed by atoms with Gasteiger partial charge < -0.3 is 10.1 Å². The largest absolute Gasteiger partial charge is 0.365 e. The van der Waals surface area contributed by atoms with Crippen LogP contribution in [0.15, 0.2) is 24.3 Å². The second kappa shape index (κ2) is 6.06. The third-order valence-corrected chi connectivity index (χ3v) is 3.73. The Morgan fingerprint density at radius 2 is 2.14 bits per heavy atom. The SMILES string of the molecule is CC(C)NC(=O)c1nnn2c1CO[C@H](c1ccc(Cl)cc1)C2. The number of ether oxygens (including phenoxy) is 1. The summed E-state index contributed by atoms with van der Waals surface area (Å²) < 4.78 is 7.59. The molecular weight excluding hydrogens is 304 g/mol. The number of aromatic nitrogens is 3. The fraction of sp³-hybridized carbons (Fsp3) is 0.400. The van der Waals surface area contributed by atoms with E-state index in [2.05, 4.69) is 15.6 Å². The first-order chi connectivity index (χ1) is 10.5. The van der Waals surface area contributed by atoms with E-state index in [1.54, 1.807) is 4.68 Å². The van der Waals surface area contributed by atoms with Crippen LogP contribution in [0.5, 0.6) is 0 Å². The lowest BCUT2D eigenvalue weighted by Crippen LogP contribution is -2.32. The number of carbonyl (C=O) groups excluding carboxylic acids is 1. The first-order valence-electron chi connectivity index (χ1n) is 7.15. The molecule has 0 saturated carbocycles. The van der Waals surface area contributed by atoms with Gasteiger partial charge in [-0.25, -0.2) is 4.68 Å². The van der Waals surface area contributed by atoms with Gasteiger partial charge in [0.2, 0.25) is 0 Å². The van der Waals surface area contributed by atoms with Gasteiger partial charge >= 0.3 is 0 Å². The van der Waals surface area contributed by atoms with Crippen molar-refractivity contribution < 1.29 is 9.53 Å². The van der Waals surface area contributed by atoms with Crippen molar-refractivity contribution in [2.75, 3.05) is 0 Å². The average Bonchev–Trinajstić information content (AvgIpc) is 2.90. The molecule has 1 atom stereocenters. The van der Waals surface area contributed by atoms with Crippen LogP contribution in [0.3, 0.4) is 0 Å². The summed E-state index contributed by atoms with van der Waals surface area (Å²) in [6.45, 7) is 4.64. The summed E-state index contributed by atoms with van der Waals surface area (Å²) in [7, 11) is 0. The maximum Gasteiger partial charge on any atom is 0.274 e. The molecule has 1 aliphatic rings. The number of rotatable bonds is 3. The van der Waals surface area contributed by atoms with E-state index in [-0.39, 0.29) is 18.1 Å². The first kappa shape index (κ1) is 15.0. The normalized spacial score (nSPS) is 17.4. The van der Waals surface area contributed by atoms with E-state index in [1.807, 2.05) is 38.1 Å². The number of carbonyl (C=O) groups is 1. The topological polar surface area (TPSA) is 69.0 Å². The van der Waals surface area contributed by atoms with Crippen molar-refractivity contribution in [2.24, 2.45) is 0 Å². The molecule has 1 aromatic heterocycles. The number of halogens is 1. The molecular formula is C15H17ClN4O2. The van der Waals surface area contributed by atoms with Crippen molar-refractivity contribution >= 4 is 17.5 Å². The summed E-state index contributed by atoms with van der Waals surface area (Å²) in [5.41, 5.74) is 2.07. The minimum Gasteiger partial charge on any atom is -0.365 e. The zero-order valence-electron chi connectivity index (χ0n) is 12.4. The molecule has 0 fully saturated rings. The zero-order chi connectivity index (χ0) is 15.7. The van der Waals surface area contributed by atoms with Crippen LogP contribution in [0.4, 0.5) is 0 Å². The molecule has 1 aromatic carbocycles. The molecule has 0 aliphatic carbocycles. The Bertz CT molecular complexity index is 681. The highest BCUT2D eigenvalue weighted by molar-refractivity contribution is 6.30. The van der Waals surface area contributed by atoms with Crippen LogP contribution in [0.2, 0.25) is 5.02 Å². The molecule has 1 N–H and O–H groups in total. The van der Waals surface area contributed by atoms with E-state index in [1.165, 1.54) is 0 Å². The van der Waals surface area contributed by atoms with Crippen molar-refractivity contribution in [3.05, 3.63) is 46.2 Å². The van der Waals surface area contributed by atoms with Gasteiger partial charge in [-0.15, -0.1) is 5.10 Å². The van der Waals surface area contributed by atoms with Crippen LogP contribution < -0.4 is 5.32 Å². The van der Waals surface area contributed by atoms with Crippen LogP contribution >= 0.6 is 11.6 Å². The number of hydrogen-bond donors (Lipinski definition) is 1. The zero-order valence-corrected chi connectivity index (χ0v) is 13.2. The number of nitrogens with zero attached hydrogens (tertiary/aromatic N) is 3. The van der Waals surface area contributed by atoms with Gasteiger partial charge in [0.15, 0.2) is 5.69 Å². The number of fused-ring (bicyclic) bond motifs is 1. The highest BCUT2D eigenvalue weighted by atomic mass is 35.5. The first-order valence-corrected chi connectivity index (χ1v) is 7.52. The molecule has 0 radical (unpaired) electrons. The van der Waals surface area contributed by atoms with Crippen molar-refractivity contribution in [3.63, 3.8) is 0 Å². The van der Waals surface area contributed by atoms with Crippen molar-refractivity contribution in [1.82, 2.24) is 20.3 Å². The van der Waals surface area contributed by atoms with Crippen LogP contribution in [0.1, 0.15) is 41.7 Å². The molecule has 0 spiro atoms. The van der Waals surface area contributed by atoms with Gasteiger partial charge in [0.1, 0.15) is 6.10 Å². The van der Waals surface area contributed by atoms with Gasteiger partial charge in [-0.3, -0.25) is 4.79 Å². The Morgan fingerprint density at radius 3 is 2.82 bits per heavy atom. The van der Waals surface area contributed by atoms with Crippen molar-refractivity contribution in [2.45, 2.75) is 39.1 Å². The van der Waals surface area contributed by atoms with Crippen molar-refractivity contribution in [1.29, 1.82) is 0 Å². The molecule has 2 heterocycles. The summed E-state index contributed by atoms with van der Waals surface area (Å²) in [5.74, 6) is -0.218. The van der Waals surface area contributed by atoms with E-state index < -0.39 is 0 Å². The fourth-order valence-electron chi connectivity index (χ4n) is 2.40. The maximum atomic E-state index is 12.1. The van der Waals surface area contributed by atoms with Gasteiger partial charge in [-0.2, -0.15) is 0 Å². The summed E-state index contributed by atoms with van der Waals surface area (Å²) in [6.07, 6.45) is -0.118. The highest BCUT2D eigenvalue weighted by Gasteiger charge is 2.27. The molecule has 1 aliphatic heterocycles.